The highest BCUT2D eigenvalue weighted by molar-refractivity contribution is 6.74. The molecule has 3 aromatic rings. The van der Waals surface area contributed by atoms with E-state index in [2.05, 4.69) is 39.2 Å². The Bertz CT molecular complexity index is 1110. The Kier molecular flexibility index (Phi) is 8.65. The van der Waals surface area contributed by atoms with Crippen LogP contribution in [-0.4, -0.2) is 25.5 Å². The molecule has 1 N–H and O–H groups in total. The lowest BCUT2D eigenvalue weighted by molar-refractivity contribution is -0.130. The van der Waals surface area contributed by atoms with E-state index in [4.69, 9.17) is 4.43 Å². The Balaban J connectivity index is 1.86. The second kappa shape index (κ2) is 11.5. The molecule has 3 aromatic carbocycles. The largest absolute Gasteiger partial charge is 0.412 e. The number of nitrogens with zero attached hydrogens (tertiary/aromatic N) is 1. The van der Waals surface area contributed by atoms with E-state index in [9.17, 15) is 9.59 Å². The number of carbonyl (C=O) groups is 2. The minimum atomic E-state index is -1.96. The zero-order valence-electron chi connectivity index (χ0n) is 21.3. The van der Waals surface area contributed by atoms with Crippen LogP contribution in [0, 0.1) is 0 Å². The van der Waals surface area contributed by atoms with E-state index in [1.807, 2.05) is 84.9 Å². The highest BCUT2D eigenvalue weighted by Crippen LogP contribution is 2.37. The average Bonchev–Trinajstić information content (AvgIpc) is 2.83. The fourth-order valence-electron chi connectivity index (χ4n) is 3.56. The van der Waals surface area contributed by atoms with Gasteiger partial charge in [0.2, 0.25) is 6.41 Å². The minimum Gasteiger partial charge on any atom is -0.412 e. The first-order valence-corrected chi connectivity index (χ1v) is 14.9. The van der Waals surface area contributed by atoms with Crippen molar-refractivity contribution >= 4 is 26.3 Å². The maximum Gasteiger partial charge on any atom is 0.251 e. The molecule has 6 heteroatoms. The molecule has 0 aliphatic rings. The summed E-state index contributed by atoms with van der Waals surface area (Å²) in [7, 11) is -1.96. The number of benzene rings is 3. The highest BCUT2D eigenvalue weighted by atomic mass is 28.4. The van der Waals surface area contributed by atoms with Crippen LogP contribution in [0.2, 0.25) is 18.1 Å². The molecule has 1 unspecified atom stereocenters. The van der Waals surface area contributed by atoms with Crippen LogP contribution in [0.3, 0.4) is 0 Å². The van der Waals surface area contributed by atoms with Crippen molar-refractivity contribution in [2.75, 3.05) is 5.32 Å². The number of anilines is 1. The Hall–Kier alpha value is -3.22. The van der Waals surface area contributed by atoms with Crippen LogP contribution in [0.15, 0.2) is 84.9 Å². The summed E-state index contributed by atoms with van der Waals surface area (Å²) in [6.07, 6.45) is 0.747. The van der Waals surface area contributed by atoms with Crippen molar-refractivity contribution < 1.29 is 14.0 Å². The van der Waals surface area contributed by atoms with Gasteiger partial charge in [0, 0.05) is 12.2 Å². The Morgan fingerprint density at radius 3 is 2.11 bits per heavy atom. The maximum absolute atomic E-state index is 13.7. The molecule has 3 rings (SSSR count). The molecule has 0 aliphatic heterocycles. The Labute approximate surface area is 210 Å². The van der Waals surface area contributed by atoms with Gasteiger partial charge < -0.3 is 14.6 Å². The Morgan fingerprint density at radius 1 is 0.943 bits per heavy atom. The summed E-state index contributed by atoms with van der Waals surface area (Å²) in [4.78, 5) is 27.4. The smallest absolute Gasteiger partial charge is 0.251 e. The zero-order valence-corrected chi connectivity index (χ0v) is 22.3. The molecule has 2 amide bonds. The third kappa shape index (κ3) is 6.90. The van der Waals surface area contributed by atoms with Gasteiger partial charge in [0.15, 0.2) is 8.32 Å². The van der Waals surface area contributed by atoms with Crippen molar-refractivity contribution in [3.05, 3.63) is 102 Å². The van der Waals surface area contributed by atoms with Crippen LogP contribution in [0.1, 0.15) is 43.5 Å². The van der Waals surface area contributed by atoms with E-state index in [0.29, 0.717) is 18.8 Å². The van der Waals surface area contributed by atoms with Gasteiger partial charge in [-0.25, -0.2) is 0 Å². The van der Waals surface area contributed by atoms with Crippen LogP contribution < -0.4 is 5.32 Å². The molecule has 0 radical (unpaired) electrons. The van der Waals surface area contributed by atoms with E-state index < -0.39 is 14.4 Å². The van der Waals surface area contributed by atoms with Gasteiger partial charge >= 0.3 is 0 Å². The van der Waals surface area contributed by atoms with Crippen molar-refractivity contribution in [2.24, 2.45) is 0 Å². The van der Waals surface area contributed by atoms with Crippen LogP contribution in [0.5, 0.6) is 0 Å². The summed E-state index contributed by atoms with van der Waals surface area (Å²) in [5.41, 5.74) is 3.32. The van der Waals surface area contributed by atoms with E-state index in [1.165, 1.54) is 4.90 Å². The predicted molar refractivity (Wildman–Crippen MR) is 144 cm³/mol. The van der Waals surface area contributed by atoms with Crippen LogP contribution in [0.25, 0.3) is 0 Å². The average molecular weight is 489 g/mol. The molecule has 0 bridgehead atoms. The molecular formula is C29H36N2O3Si. The van der Waals surface area contributed by atoms with Crippen molar-refractivity contribution in [3.8, 4) is 0 Å². The molecule has 0 aromatic heterocycles. The summed E-state index contributed by atoms with van der Waals surface area (Å²) >= 11 is 0. The van der Waals surface area contributed by atoms with E-state index in [-0.39, 0.29) is 10.9 Å². The topological polar surface area (TPSA) is 58.6 Å². The predicted octanol–water partition coefficient (Wildman–Crippen LogP) is 6.55. The SMILES string of the molecule is CC(C)(C)[Si](C)(C)OCc1ccccc1NC(=O)C(c1ccccc1)N(C=O)Cc1ccccc1. The van der Waals surface area contributed by atoms with Gasteiger partial charge in [-0.3, -0.25) is 9.59 Å². The summed E-state index contributed by atoms with van der Waals surface area (Å²) < 4.78 is 6.42. The lowest BCUT2D eigenvalue weighted by Crippen LogP contribution is -2.40. The number of para-hydroxylation sites is 1. The van der Waals surface area contributed by atoms with Gasteiger partial charge in [-0.05, 0) is 40.9 Å². The third-order valence-corrected chi connectivity index (χ3v) is 11.2. The van der Waals surface area contributed by atoms with Gasteiger partial charge in [0.1, 0.15) is 6.04 Å². The molecule has 1 atom stereocenters. The lowest BCUT2D eigenvalue weighted by Gasteiger charge is -2.36. The number of hydrogen-bond donors (Lipinski definition) is 1. The minimum absolute atomic E-state index is 0.0888. The molecule has 0 heterocycles. The van der Waals surface area contributed by atoms with Gasteiger partial charge in [-0.2, -0.15) is 0 Å². The number of rotatable bonds is 10. The zero-order chi connectivity index (χ0) is 25.5. The van der Waals surface area contributed by atoms with Gasteiger partial charge in [-0.1, -0.05) is 99.6 Å². The van der Waals surface area contributed by atoms with Crippen molar-refractivity contribution in [1.29, 1.82) is 0 Å². The molecule has 35 heavy (non-hydrogen) atoms. The quantitative estimate of drug-likeness (QED) is 0.260. The van der Waals surface area contributed by atoms with Crippen molar-refractivity contribution in [2.45, 2.75) is 58.1 Å². The second-order valence-corrected chi connectivity index (χ2v) is 15.1. The molecule has 0 saturated carbocycles. The first-order chi connectivity index (χ1) is 16.6. The molecule has 184 valence electrons. The van der Waals surface area contributed by atoms with Gasteiger partial charge in [-0.15, -0.1) is 0 Å². The number of amides is 2. The molecule has 0 spiro atoms. The second-order valence-electron chi connectivity index (χ2n) is 10.3. The third-order valence-electron chi connectivity index (χ3n) is 6.71. The standard InChI is InChI=1S/C29H36N2O3Si/c1-29(2,3)35(4,5)34-21-25-18-12-13-19-26(25)30-28(33)27(24-16-10-7-11-17-24)31(22-32)20-23-14-8-6-9-15-23/h6-19,22,27H,20-21H2,1-5H3,(H,30,33). The highest BCUT2D eigenvalue weighted by Gasteiger charge is 2.37. The monoisotopic (exact) mass is 488 g/mol. The number of carbonyl (C=O) groups excluding carboxylic acids is 2. The normalized spacial score (nSPS) is 12.6. The van der Waals surface area contributed by atoms with Crippen molar-refractivity contribution in [3.63, 3.8) is 0 Å². The van der Waals surface area contributed by atoms with E-state index in [0.717, 1.165) is 23.1 Å². The molecule has 0 aliphatic carbocycles. The van der Waals surface area contributed by atoms with E-state index >= 15 is 0 Å². The maximum atomic E-state index is 13.7. The summed E-state index contributed by atoms with van der Waals surface area (Å²) in [5.74, 6) is -0.265. The van der Waals surface area contributed by atoms with Gasteiger partial charge in [0.05, 0.1) is 6.61 Å². The Morgan fingerprint density at radius 2 is 1.51 bits per heavy atom. The van der Waals surface area contributed by atoms with Crippen LogP contribution in [0.4, 0.5) is 5.69 Å². The number of hydrogen-bond acceptors (Lipinski definition) is 3. The summed E-state index contributed by atoms with van der Waals surface area (Å²) in [6.45, 7) is 11.8. The fourth-order valence-corrected chi connectivity index (χ4v) is 4.51. The van der Waals surface area contributed by atoms with E-state index in [1.54, 1.807) is 0 Å². The first kappa shape index (κ1) is 26.4. The summed E-state index contributed by atoms with van der Waals surface area (Å²) in [6, 6.07) is 26.0. The first-order valence-electron chi connectivity index (χ1n) is 11.9. The van der Waals surface area contributed by atoms with Gasteiger partial charge in [0.25, 0.3) is 5.91 Å². The number of nitrogens with one attached hydrogen (secondary N) is 1. The molecule has 0 saturated heterocycles. The van der Waals surface area contributed by atoms with Crippen LogP contribution in [-0.2, 0) is 27.2 Å². The molecular weight excluding hydrogens is 452 g/mol. The fraction of sp³-hybridized carbons (Fsp3) is 0.310. The molecule has 0 fully saturated rings. The summed E-state index contributed by atoms with van der Waals surface area (Å²) in [5, 5.41) is 3.17. The van der Waals surface area contributed by atoms with Crippen molar-refractivity contribution in [1.82, 2.24) is 4.90 Å². The molecule has 5 nitrogen and oxygen atoms in total. The lowest BCUT2D eigenvalue weighted by atomic mass is 10.0. The van der Waals surface area contributed by atoms with Crippen LogP contribution >= 0.6 is 0 Å².